The largest absolute Gasteiger partial charge is 0.481 e. The van der Waals surface area contributed by atoms with Crippen molar-refractivity contribution in [2.45, 2.75) is 38.1 Å². The molecule has 0 aromatic carbocycles. The van der Waals surface area contributed by atoms with Crippen LogP contribution in [0.3, 0.4) is 0 Å². The van der Waals surface area contributed by atoms with Crippen molar-refractivity contribution >= 4 is 23.4 Å². The number of aromatic nitrogens is 3. The first-order valence-corrected chi connectivity index (χ1v) is 6.85. The molecule has 2 aromatic rings. The molecule has 0 radical (unpaired) electrons. The molecule has 5 heteroatoms. The first-order valence-electron chi connectivity index (χ1n) is 6.45. The second-order valence-corrected chi connectivity index (χ2v) is 5.20. The number of aromatic amines is 1. The molecule has 18 heavy (non-hydrogen) atoms. The molecule has 2 heterocycles. The molecule has 1 saturated carbocycles. The van der Waals surface area contributed by atoms with Crippen LogP contribution in [0.2, 0.25) is 0 Å². The topological polar surface area (TPSA) is 42.8 Å². The number of ether oxygens (including phenoxy) is 1. The van der Waals surface area contributed by atoms with E-state index in [4.69, 9.17) is 17.0 Å². The predicted octanol–water partition coefficient (Wildman–Crippen LogP) is 3.61. The van der Waals surface area contributed by atoms with Crippen molar-refractivity contribution in [1.29, 1.82) is 0 Å². The normalized spacial score (nSPS) is 17.2. The highest BCUT2D eigenvalue weighted by atomic mass is 32.1. The number of imidazole rings is 1. The van der Waals surface area contributed by atoms with E-state index in [2.05, 4.69) is 14.5 Å². The average molecular weight is 263 g/mol. The van der Waals surface area contributed by atoms with E-state index >= 15 is 0 Å². The van der Waals surface area contributed by atoms with Crippen LogP contribution in [0, 0.1) is 4.77 Å². The van der Waals surface area contributed by atoms with E-state index in [-0.39, 0.29) is 0 Å². The van der Waals surface area contributed by atoms with Gasteiger partial charge >= 0.3 is 0 Å². The number of fused-ring (bicyclic) bond motifs is 1. The fraction of sp³-hybridized carbons (Fsp3) is 0.538. The van der Waals surface area contributed by atoms with Gasteiger partial charge in [0.25, 0.3) is 0 Å². The van der Waals surface area contributed by atoms with Gasteiger partial charge in [-0.3, -0.25) is 4.57 Å². The van der Waals surface area contributed by atoms with Gasteiger partial charge in [0.05, 0.1) is 12.6 Å². The van der Waals surface area contributed by atoms with Crippen LogP contribution in [0.15, 0.2) is 12.1 Å². The van der Waals surface area contributed by atoms with Crippen molar-refractivity contribution in [3.8, 4) is 5.88 Å². The summed E-state index contributed by atoms with van der Waals surface area (Å²) in [4.78, 5) is 7.77. The van der Waals surface area contributed by atoms with Gasteiger partial charge in [-0.05, 0) is 31.1 Å². The first-order chi connectivity index (χ1) is 8.79. The Bertz CT molecular complexity index is 610. The molecule has 96 valence electrons. The van der Waals surface area contributed by atoms with E-state index < -0.39 is 0 Å². The van der Waals surface area contributed by atoms with Crippen LogP contribution < -0.4 is 4.74 Å². The lowest BCUT2D eigenvalue weighted by Crippen LogP contribution is -2.13. The van der Waals surface area contributed by atoms with Gasteiger partial charge in [0, 0.05) is 12.1 Å². The van der Waals surface area contributed by atoms with Crippen molar-refractivity contribution in [3.63, 3.8) is 0 Å². The summed E-state index contributed by atoms with van der Waals surface area (Å²) in [5, 5.41) is 0. The van der Waals surface area contributed by atoms with Crippen LogP contribution in [0.5, 0.6) is 5.88 Å². The first kappa shape index (κ1) is 11.7. The summed E-state index contributed by atoms with van der Waals surface area (Å²) in [5.74, 6) is 0.640. The maximum absolute atomic E-state index is 5.44. The predicted molar refractivity (Wildman–Crippen MR) is 73.6 cm³/mol. The van der Waals surface area contributed by atoms with Crippen molar-refractivity contribution in [2.24, 2.45) is 0 Å². The van der Waals surface area contributed by atoms with Gasteiger partial charge in [0.15, 0.2) is 10.4 Å². The molecule has 0 atom stereocenters. The van der Waals surface area contributed by atoms with Crippen LogP contribution in [0.1, 0.15) is 38.1 Å². The third-order valence-corrected chi connectivity index (χ3v) is 3.99. The number of hydrogen-bond donors (Lipinski definition) is 1. The van der Waals surface area contributed by atoms with Gasteiger partial charge in [-0.2, -0.15) is 4.98 Å². The van der Waals surface area contributed by atoms with Crippen molar-refractivity contribution < 1.29 is 4.74 Å². The zero-order chi connectivity index (χ0) is 12.5. The Balaban J connectivity index is 2.13. The molecule has 3 rings (SSSR count). The van der Waals surface area contributed by atoms with E-state index in [9.17, 15) is 0 Å². The number of nitrogens with one attached hydrogen (secondary N) is 1. The average Bonchev–Trinajstić information content (AvgIpc) is 2.74. The third kappa shape index (κ3) is 1.92. The number of nitrogens with zero attached hydrogens (tertiary/aromatic N) is 2. The summed E-state index contributed by atoms with van der Waals surface area (Å²) < 4.78 is 8.15. The number of hydrogen-bond acceptors (Lipinski definition) is 3. The fourth-order valence-electron chi connectivity index (χ4n) is 2.78. The van der Waals surface area contributed by atoms with Gasteiger partial charge in [0.1, 0.15) is 0 Å². The number of methoxy groups -OCH3 is 1. The Morgan fingerprint density at radius 1 is 1.33 bits per heavy atom. The summed E-state index contributed by atoms with van der Waals surface area (Å²) in [6.07, 6.45) is 6.29. The molecule has 1 N–H and O–H groups in total. The Morgan fingerprint density at radius 2 is 2.11 bits per heavy atom. The highest BCUT2D eigenvalue weighted by molar-refractivity contribution is 7.71. The number of rotatable bonds is 2. The summed E-state index contributed by atoms with van der Waals surface area (Å²) in [7, 11) is 1.64. The molecular weight excluding hydrogens is 246 g/mol. The minimum absolute atomic E-state index is 0.486. The van der Waals surface area contributed by atoms with Crippen LogP contribution in [0.25, 0.3) is 11.2 Å². The van der Waals surface area contributed by atoms with Gasteiger partial charge in [0.2, 0.25) is 5.88 Å². The lowest BCUT2D eigenvalue weighted by atomic mass is 9.95. The van der Waals surface area contributed by atoms with Crippen molar-refractivity contribution in [3.05, 3.63) is 16.9 Å². The minimum atomic E-state index is 0.486. The lowest BCUT2D eigenvalue weighted by molar-refractivity contribution is 0.354. The van der Waals surface area contributed by atoms with E-state index in [0.29, 0.717) is 11.9 Å². The van der Waals surface area contributed by atoms with Crippen LogP contribution >= 0.6 is 12.2 Å². The van der Waals surface area contributed by atoms with Gasteiger partial charge in [-0.1, -0.05) is 19.3 Å². The highest BCUT2D eigenvalue weighted by Crippen LogP contribution is 2.31. The summed E-state index contributed by atoms with van der Waals surface area (Å²) in [6, 6.07) is 4.33. The quantitative estimate of drug-likeness (QED) is 0.842. The highest BCUT2D eigenvalue weighted by Gasteiger charge is 2.19. The Kier molecular flexibility index (Phi) is 3.07. The molecule has 0 aliphatic heterocycles. The lowest BCUT2D eigenvalue weighted by Gasteiger charge is -2.23. The van der Waals surface area contributed by atoms with Crippen LogP contribution in [-0.2, 0) is 0 Å². The van der Waals surface area contributed by atoms with Crippen LogP contribution in [0.4, 0.5) is 0 Å². The molecule has 1 aliphatic rings. The zero-order valence-electron chi connectivity index (χ0n) is 10.5. The van der Waals surface area contributed by atoms with E-state index in [1.807, 2.05) is 12.1 Å². The van der Waals surface area contributed by atoms with Gasteiger partial charge < -0.3 is 9.72 Å². The third-order valence-electron chi connectivity index (χ3n) is 3.69. The van der Waals surface area contributed by atoms with Crippen molar-refractivity contribution in [1.82, 2.24) is 14.5 Å². The Labute approximate surface area is 111 Å². The smallest absolute Gasteiger partial charge is 0.215 e. The molecule has 1 aliphatic carbocycles. The van der Waals surface area contributed by atoms with Gasteiger partial charge in [-0.15, -0.1) is 0 Å². The molecule has 0 spiro atoms. The monoisotopic (exact) mass is 263 g/mol. The molecule has 0 amide bonds. The molecule has 0 saturated heterocycles. The second kappa shape index (κ2) is 4.72. The number of H-pyrrole nitrogens is 1. The minimum Gasteiger partial charge on any atom is -0.481 e. The summed E-state index contributed by atoms with van der Waals surface area (Å²) in [6.45, 7) is 0. The molecule has 4 nitrogen and oxygen atoms in total. The maximum Gasteiger partial charge on any atom is 0.215 e. The van der Waals surface area contributed by atoms with E-state index in [1.54, 1.807) is 7.11 Å². The number of pyridine rings is 1. The zero-order valence-corrected chi connectivity index (χ0v) is 11.3. The standard InChI is InChI=1S/C13H17N3OS/c1-17-11-8-7-10-12(15-11)16(13(18)14-10)9-5-3-2-4-6-9/h7-9H,2-6H2,1H3,(H,14,18). The molecule has 0 unspecified atom stereocenters. The SMILES string of the molecule is COc1ccc2[nH]c(=S)n(C3CCCCC3)c2n1. The Morgan fingerprint density at radius 3 is 2.83 bits per heavy atom. The second-order valence-electron chi connectivity index (χ2n) is 4.82. The summed E-state index contributed by atoms with van der Waals surface area (Å²) in [5.41, 5.74) is 1.91. The Hall–Kier alpha value is -1.36. The molecular formula is C13H17N3OS. The molecule has 1 fully saturated rings. The molecule has 2 aromatic heterocycles. The van der Waals surface area contributed by atoms with E-state index in [1.165, 1.54) is 32.1 Å². The molecule has 0 bridgehead atoms. The van der Waals surface area contributed by atoms with Crippen LogP contribution in [-0.4, -0.2) is 21.6 Å². The van der Waals surface area contributed by atoms with E-state index in [0.717, 1.165) is 15.9 Å². The maximum atomic E-state index is 5.44. The summed E-state index contributed by atoms with van der Waals surface area (Å²) >= 11 is 5.44. The van der Waals surface area contributed by atoms with Gasteiger partial charge in [-0.25, -0.2) is 0 Å². The van der Waals surface area contributed by atoms with Crippen molar-refractivity contribution in [2.75, 3.05) is 7.11 Å². The fourth-order valence-corrected chi connectivity index (χ4v) is 3.12.